The predicted molar refractivity (Wildman–Crippen MR) is 212 cm³/mol. The molecule has 2 saturated carbocycles. The van der Waals surface area contributed by atoms with E-state index in [1.807, 2.05) is 60.7 Å². The Balaban J connectivity index is 0.000000171. The standard InChI is InChI=1S/C29H37.C13H8Cl2.C5H5.Zr/c1-21-14-13-15-22-20-27(6)25(4)18-10-9-16-23(25,2)24(3)17-11-12-19-26(24,5)29(27,8)28(21,22)7;14-12-5-1-10(2-6-12)9-11-3-7-13(15)8-4-11;1-2-4-5-3-1;/h9-20,22H,1-8H3;1-8H;1-3H,4H2;/q-1;;-1;+2. The maximum Gasteiger partial charge on any atom is -0.109 e. The van der Waals surface area contributed by atoms with Crippen molar-refractivity contribution in [2.45, 2.75) is 61.8 Å². The van der Waals surface area contributed by atoms with Crippen molar-refractivity contribution in [3.05, 3.63) is 173 Å². The van der Waals surface area contributed by atoms with E-state index in [4.69, 9.17) is 23.2 Å². The largest absolute Gasteiger partial charge is 0.273 e. The number of hydrogen-bond acceptors (Lipinski definition) is 0. The molecule has 0 aliphatic heterocycles. The maximum absolute atomic E-state index is 5.86. The van der Waals surface area contributed by atoms with Gasteiger partial charge in [0, 0.05) is 10.8 Å². The molecule has 6 aliphatic carbocycles. The van der Waals surface area contributed by atoms with Crippen molar-refractivity contribution >= 4 is 26.4 Å². The van der Waals surface area contributed by atoms with Gasteiger partial charge in [0.15, 0.2) is 0 Å². The first-order valence-corrected chi connectivity index (χ1v) is 19.8. The second-order valence-electron chi connectivity index (χ2n) is 16.1. The molecule has 50 heavy (non-hydrogen) atoms. The third kappa shape index (κ3) is 5.03. The van der Waals surface area contributed by atoms with Gasteiger partial charge in [-0.1, -0.05) is 115 Å². The molecule has 2 aromatic rings. The molecular formula is C47H50Cl2Zr. The van der Waals surface area contributed by atoms with Crippen LogP contribution in [0.2, 0.25) is 10.0 Å². The molecule has 0 aromatic heterocycles. The Kier molecular flexibility index (Phi) is 9.94. The molecule has 256 valence electrons. The van der Waals surface area contributed by atoms with Crippen LogP contribution in [0.25, 0.3) is 0 Å². The van der Waals surface area contributed by atoms with Crippen LogP contribution in [0, 0.1) is 56.3 Å². The van der Waals surface area contributed by atoms with Gasteiger partial charge in [-0.2, -0.15) is 6.08 Å². The van der Waals surface area contributed by atoms with Gasteiger partial charge in [0.1, 0.15) is 0 Å². The van der Waals surface area contributed by atoms with E-state index in [0.717, 1.165) is 16.5 Å². The number of rotatable bonds is 2. The van der Waals surface area contributed by atoms with Gasteiger partial charge in [-0.05, 0) is 28.6 Å². The average molecular weight is 777 g/mol. The second-order valence-corrected chi connectivity index (χ2v) is 18.2. The smallest absolute Gasteiger partial charge is 0.109 e. The zero-order valence-corrected chi connectivity index (χ0v) is 34.8. The van der Waals surface area contributed by atoms with Crippen LogP contribution < -0.4 is 0 Å². The van der Waals surface area contributed by atoms with E-state index >= 15 is 0 Å². The monoisotopic (exact) mass is 774 g/mol. The van der Waals surface area contributed by atoms with Gasteiger partial charge in [0.2, 0.25) is 0 Å². The maximum atomic E-state index is 5.86. The summed E-state index contributed by atoms with van der Waals surface area (Å²) in [5.74, 6) is 0.460. The van der Waals surface area contributed by atoms with Crippen LogP contribution in [0.4, 0.5) is 0 Å². The zero-order chi connectivity index (χ0) is 36.2. The molecule has 8 unspecified atom stereocenters. The van der Waals surface area contributed by atoms with Crippen LogP contribution in [-0.4, -0.2) is 3.21 Å². The summed E-state index contributed by atoms with van der Waals surface area (Å²) >= 11 is 13.1. The average Bonchev–Trinajstić information content (AvgIpc) is 3.75. The first kappa shape index (κ1) is 37.5. The molecule has 0 amide bonds. The van der Waals surface area contributed by atoms with E-state index in [9.17, 15) is 0 Å². The summed E-state index contributed by atoms with van der Waals surface area (Å²) in [6.45, 7) is 20.3. The first-order chi connectivity index (χ1) is 23.6. The molecule has 2 fully saturated rings. The van der Waals surface area contributed by atoms with E-state index in [2.05, 4.69) is 141 Å². The number of benzene rings is 2. The topological polar surface area (TPSA) is 0 Å². The summed E-state index contributed by atoms with van der Waals surface area (Å²) in [6.07, 6.45) is 39.3. The predicted octanol–water partition coefficient (Wildman–Crippen LogP) is 13.1. The molecule has 0 saturated heterocycles. The minimum absolute atomic E-state index is 0.00615. The van der Waals surface area contributed by atoms with Gasteiger partial charge in [-0.3, -0.25) is 6.08 Å². The molecule has 0 radical (unpaired) electrons. The number of halogens is 2. The summed E-state index contributed by atoms with van der Waals surface area (Å²) in [4.78, 5) is 0. The number of allylic oxidation sites excluding steroid dienone is 16. The normalized spacial score (nSPS) is 39.3. The van der Waals surface area contributed by atoms with Gasteiger partial charge in [0.05, 0.1) is 0 Å². The van der Waals surface area contributed by atoms with Crippen LogP contribution in [0.5, 0.6) is 0 Å². The van der Waals surface area contributed by atoms with Gasteiger partial charge in [0.25, 0.3) is 0 Å². The molecule has 2 aromatic carbocycles. The van der Waals surface area contributed by atoms with E-state index < -0.39 is 0 Å². The molecule has 0 heterocycles. The van der Waals surface area contributed by atoms with Crippen LogP contribution in [0.1, 0.15) is 72.9 Å². The molecule has 8 atom stereocenters. The van der Waals surface area contributed by atoms with Crippen molar-refractivity contribution < 1.29 is 24.2 Å². The van der Waals surface area contributed by atoms with Crippen molar-refractivity contribution in [1.82, 2.24) is 0 Å². The van der Waals surface area contributed by atoms with Crippen molar-refractivity contribution in [1.29, 1.82) is 0 Å². The van der Waals surface area contributed by atoms with Crippen molar-refractivity contribution in [3.8, 4) is 0 Å². The summed E-state index contributed by atoms with van der Waals surface area (Å²) in [6, 6.07) is 15.8. The fourth-order valence-electron chi connectivity index (χ4n) is 11.0. The third-order valence-corrected chi connectivity index (χ3v) is 16.8. The van der Waals surface area contributed by atoms with Crippen LogP contribution in [0.3, 0.4) is 0 Å². The number of hydrogen-bond donors (Lipinski definition) is 0. The van der Waals surface area contributed by atoms with Crippen molar-refractivity contribution in [3.63, 3.8) is 0 Å². The Labute approximate surface area is 326 Å². The molecule has 0 N–H and O–H groups in total. The third-order valence-electron chi connectivity index (χ3n) is 14.9. The van der Waals surface area contributed by atoms with Crippen LogP contribution >= 0.6 is 23.2 Å². The van der Waals surface area contributed by atoms with Gasteiger partial charge < -0.3 is 6.42 Å². The van der Waals surface area contributed by atoms with Gasteiger partial charge in [-0.15, -0.1) is 23.8 Å². The van der Waals surface area contributed by atoms with Crippen LogP contribution in [0.15, 0.2) is 139 Å². The molecule has 0 spiro atoms. The molecule has 0 nitrogen and oxygen atoms in total. The Morgan fingerprint density at radius 3 is 1.62 bits per heavy atom. The first-order valence-electron chi connectivity index (χ1n) is 17.8. The van der Waals surface area contributed by atoms with E-state index in [0.29, 0.717) is 5.92 Å². The van der Waals surface area contributed by atoms with E-state index in [1.54, 1.807) is 0 Å². The Hall–Kier alpha value is -2.31. The minimum atomic E-state index is 0.00615. The molecule has 3 heteroatoms. The van der Waals surface area contributed by atoms with E-state index in [1.165, 1.54) is 44.1 Å². The molecule has 0 bridgehead atoms. The minimum Gasteiger partial charge on any atom is -0.273 e. The molecule has 6 aliphatic rings. The fourth-order valence-corrected chi connectivity index (χ4v) is 12.1. The summed E-state index contributed by atoms with van der Waals surface area (Å²) in [5.41, 5.74) is 4.16. The van der Waals surface area contributed by atoms with Crippen molar-refractivity contribution in [2.75, 3.05) is 0 Å². The SMILES string of the molecule is CC1=CC=CC2[CH-]C3(C)C4(C)C=CC=CC4(C)C4(C)C=CC=CC4(C)C3(C)C12C.Clc1ccc([C](=[Zr+2])c2ccc(Cl)cc2)cc1.[C-]1=CC=CC1. The number of fused-ring (bicyclic) bond motifs is 8. The Bertz CT molecular complexity index is 1840. The fraction of sp³-hybridized carbons (Fsp3) is 0.362. The molecular weight excluding hydrogens is 727 g/mol. The van der Waals surface area contributed by atoms with E-state index in [-0.39, 0.29) is 37.9 Å². The summed E-state index contributed by atoms with van der Waals surface area (Å²) < 4.78 is 1.31. The van der Waals surface area contributed by atoms with Crippen LogP contribution in [-0.2, 0) is 24.2 Å². The Morgan fingerprint density at radius 2 is 1.16 bits per heavy atom. The Morgan fingerprint density at radius 1 is 0.680 bits per heavy atom. The zero-order valence-electron chi connectivity index (χ0n) is 30.8. The van der Waals surface area contributed by atoms with Gasteiger partial charge >= 0.3 is 120 Å². The molecule has 8 rings (SSSR count). The van der Waals surface area contributed by atoms with Gasteiger partial charge in [-0.25, -0.2) is 12.2 Å². The van der Waals surface area contributed by atoms with Crippen molar-refractivity contribution in [2.24, 2.45) is 43.8 Å². The second kappa shape index (κ2) is 13.3. The quantitative estimate of drug-likeness (QED) is 0.267. The summed E-state index contributed by atoms with van der Waals surface area (Å²) in [7, 11) is 0. The summed E-state index contributed by atoms with van der Waals surface area (Å²) in [5, 5.41) is 1.53.